The van der Waals surface area contributed by atoms with Crippen LogP contribution in [0.1, 0.15) is 34.5 Å². The SMILES string of the molecule is CNC(N)c1ccc2cc(CNC(c3cccc(-c4cc5ccccc5c5ccccc45)c3)c3ccccc3N)ccc2c1. The van der Waals surface area contributed by atoms with Crippen LogP contribution < -0.4 is 22.1 Å². The molecule has 0 amide bonds. The molecular formula is C40H36N4. The van der Waals surface area contributed by atoms with Crippen molar-refractivity contribution in [1.29, 1.82) is 0 Å². The lowest BCUT2D eigenvalue weighted by molar-refractivity contribution is 0.607. The molecule has 0 aromatic heterocycles. The summed E-state index contributed by atoms with van der Waals surface area (Å²) in [4.78, 5) is 0. The molecule has 0 bridgehead atoms. The lowest BCUT2D eigenvalue weighted by Gasteiger charge is -2.23. The molecule has 6 N–H and O–H groups in total. The quantitative estimate of drug-likeness (QED) is 0.0837. The average Bonchev–Trinajstić information content (AvgIpc) is 3.08. The molecule has 0 radical (unpaired) electrons. The maximum atomic E-state index is 6.58. The first-order valence-electron chi connectivity index (χ1n) is 15.1. The third-order valence-electron chi connectivity index (χ3n) is 8.72. The van der Waals surface area contributed by atoms with E-state index >= 15 is 0 Å². The fraction of sp³-hybridized carbons (Fsp3) is 0.100. The zero-order chi connectivity index (χ0) is 30.0. The highest BCUT2D eigenvalue weighted by molar-refractivity contribution is 6.13. The monoisotopic (exact) mass is 572 g/mol. The Kier molecular flexibility index (Phi) is 7.55. The summed E-state index contributed by atoms with van der Waals surface area (Å²) in [5, 5.41) is 14.4. The van der Waals surface area contributed by atoms with Crippen LogP contribution in [0.3, 0.4) is 0 Å². The summed E-state index contributed by atoms with van der Waals surface area (Å²) in [6, 6.07) is 49.6. The number of benzene rings is 7. The number of nitrogen functional groups attached to an aromatic ring is 1. The number of hydrogen-bond donors (Lipinski definition) is 4. The van der Waals surface area contributed by atoms with Crippen LogP contribution in [0.15, 0.2) is 140 Å². The highest BCUT2D eigenvalue weighted by Gasteiger charge is 2.18. The molecule has 0 aliphatic heterocycles. The molecule has 7 aromatic rings. The smallest absolute Gasteiger partial charge is 0.0807 e. The van der Waals surface area contributed by atoms with Crippen LogP contribution in [0.25, 0.3) is 43.4 Å². The Morgan fingerprint density at radius 1 is 0.591 bits per heavy atom. The molecule has 216 valence electrons. The molecule has 4 nitrogen and oxygen atoms in total. The van der Waals surface area contributed by atoms with E-state index in [2.05, 4.69) is 138 Å². The maximum Gasteiger partial charge on any atom is 0.0807 e. The molecule has 7 rings (SSSR count). The van der Waals surface area contributed by atoms with E-state index in [1.54, 1.807) is 0 Å². The van der Waals surface area contributed by atoms with E-state index in [0.717, 1.165) is 16.8 Å². The van der Waals surface area contributed by atoms with Crippen LogP contribution in [0.2, 0.25) is 0 Å². The molecular weight excluding hydrogens is 536 g/mol. The fourth-order valence-electron chi connectivity index (χ4n) is 6.36. The van der Waals surface area contributed by atoms with Gasteiger partial charge in [-0.3, -0.25) is 0 Å². The number of anilines is 1. The van der Waals surface area contributed by atoms with Gasteiger partial charge in [0.15, 0.2) is 0 Å². The Hall–Kier alpha value is -5.00. The van der Waals surface area contributed by atoms with Gasteiger partial charge < -0.3 is 22.1 Å². The molecule has 0 aliphatic rings. The van der Waals surface area contributed by atoms with Gasteiger partial charge in [0.1, 0.15) is 0 Å². The fourth-order valence-corrected chi connectivity index (χ4v) is 6.36. The highest BCUT2D eigenvalue weighted by atomic mass is 15.0. The van der Waals surface area contributed by atoms with E-state index in [9.17, 15) is 0 Å². The number of fused-ring (bicyclic) bond motifs is 4. The normalized spacial score (nSPS) is 13.0. The Morgan fingerprint density at radius 3 is 2.16 bits per heavy atom. The van der Waals surface area contributed by atoms with Gasteiger partial charge in [-0.2, -0.15) is 0 Å². The highest BCUT2D eigenvalue weighted by Crippen LogP contribution is 2.37. The van der Waals surface area contributed by atoms with Gasteiger partial charge in [0.2, 0.25) is 0 Å². The van der Waals surface area contributed by atoms with Crippen molar-refractivity contribution in [2.75, 3.05) is 12.8 Å². The molecule has 0 saturated heterocycles. The molecule has 44 heavy (non-hydrogen) atoms. The standard InChI is InChI=1S/C40H36N4/c1-43-40(42)32-20-19-27-21-26(17-18-28(27)22-32)25-44-39(36-15-6-7-16-38(36)41)31-11-8-10-29(23-31)37-24-30-9-2-3-12-33(30)34-13-4-5-14-35(34)37/h2-24,39-40,43-44H,25,41-42H2,1H3. The van der Waals surface area contributed by atoms with Crippen molar-refractivity contribution in [3.8, 4) is 11.1 Å². The van der Waals surface area contributed by atoms with Crippen molar-refractivity contribution in [2.45, 2.75) is 18.8 Å². The molecule has 2 unspecified atom stereocenters. The zero-order valence-electron chi connectivity index (χ0n) is 24.8. The van der Waals surface area contributed by atoms with E-state index in [4.69, 9.17) is 11.5 Å². The lowest BCUT2D eigenvalue weighted by atomic mass is 9.90. The number of para-hydroxylation sites is 1. The topological polar surface area (TPSA) is 76.1 Å². The van der Waals surface area contributed by atoms with Gasteiger partial charge in [-0.05, 0) is 103 Å². The van der Waals surface area contributed by atoms with Gasteiger partial charge in [0, 0.05) is 12.2 Å². The molecule has 0 fully saturated rings. The number of hydrogen-bond acceptors (Lipinski definition) is 4. The van der Waals surface area contributed by atoms with Crippen molar-refractivity contribution in [3.63, 3.8) is 0 Å². The average molecular weight is 573 g/mol. The largest absolute Gasteiger partial charge is 0.398 e. The molecule has 0 aliphatic carbocycles. The summed E-state index contributed by atoms with van der Waals surface area (Å²) in [5.74, 6) is 0. The minimum absolute atomic E-state index is 0.0884. The first kappa shape index (κ1) is 27.8. The summed E-state index contributed by atoms with van der Waals surface area (Å²) < 4.78 is 0. The third-order valence-corrected chi connectivity index (χ3v) is 8.72. The van der Waals surface area contributed by atoms with E-state index in [1.807, 2.05) is 19.2 Å². The van der Waals surface area contributed by atoms with Crippen LogP contribution in [0.4, 0.5) is 5.69 Å². The van der Waals surface area contributed by atoms with Crippen LogP contribution in [0.5, 0.6) is 0 Å². The summed E-state index contributed by atoms with van der Waals surface area (Å²) in [6.45, 7) is 0.690. The van der Waals surface area contributed by atoms with Gasteiger partial charge in [-0.25, -0.2) is 0 Å². The van der Waals surface area contributed by atoms with Gasteiger partial charge in [-0.1, -0.05) is 109 Å². The van der Waals surface area contributed by atoms with E-state index < -0.39 is 0 Å². The first-order valence-corrected chi connectivity index (χ1v) is 15.1. The summed E-state index contributed by atoms with van der Waals surface area (Å²) in [7, 11) is 1.87. The van der Waals surface area contributed by atoms with Gasteiger partial charge in [0.25, 0.3) is 0 Å². The Labute approximate surface area is 258 Å². The van der Waals surface area contributed by atoms with Crippen molar-refractivity contribution < 1.29 is 0 Å². The van der Waals surface area contributed by atoms with Crippen molar-refractivity contribution in [1.82, 2.24) is 10.6 Å². The van der Waals surface area contributed by atoms with Crippen LogP contribution >= 0.6 is 0 Å². The molecule has 0 spiro atoms. The maximum absolute atomic E-state index is 6.58. The van der Waals surface area contributed by atoms with Crippen LogP contribution in [-0.4, -0.2) is 7.05 Å². The summed E-state index contributed by atoms with van der Waals surface area (Å²) in [5.41, 5.74) is 20.5. The molecule has 0 heterocycles. The number of nitrogens with two attached hydrogens (primary N) is 2. The Bertz CT molecular complexity index is 2120. The second kappa shape index (κ2) is 11.9. The van der Waals surface area contributed by atoms with Crippen molar-refractivity contribution >= 4 is 38.0 Å². The van der Waals surface area contributed by atoms with E-state index in [-0.39, 0.29) is 12.2 Å². The molecule has 7 aromatic carbocycles. The van der Waals surface area contributed by atoms with Gasteiger partial charge in [-0.15, -0.1) is 0 Å². The third kappa shape index (κ3) is 5.31. The summed E-state index contributed by atoms with van der Waals surface area (Å²) >= 11 is 0. The second-order valence-electron chi connectivity index (χ2n) is 11.5. The molecule has 0 saturated carbocycles. The van der Waals surface area contributed by atoms with Crippen molar-refractivity contribution in [3.05, 3.63) is 162 Å². The van der Waals surface area contributed by atoms with Crippen LogP contribution in [0, 0.1) is 0 Å². The number of nitrogens with one attached hydrogen (secondary N) is 2. The lowest BCUT2D eigenvalue weighted by Crippen LogP contribution is -2.24. The minimum Gasteiger partial charge on any atom is -0.398 e. The zero-order valence-corrected chi connectivity index (χ0v) is 24.8. The molecule has 2 atom stereocenters. The first-order chi connectivity index (χ1) is 21.6. The van der Waals surface area contributed by atoms with Crippen LogP contribution in [-0.2, 0) is 6.54 Å². The number of rotatable bonds is 8. The van der Waals surface area contributed by atoms with Gasteiger partial charge in [0.05, 0.1) is 12.2 Å². The van der Waals surface area contributed by atoms with Gasteiger partial charge >= 0.3 is 0 Å². The van der Waals surface area contributed by atoms with E-state index in [0.29, 0.717) is 6.54 Å². The second-order valence-corrected chi connectivity index (χ2v) is 11.5. The Balaban J connectivity index is 1.26. The van der Waals surface area contributed by atoms with E-state index in [1.165, 1.54) is 54.6 Å². The summed E-state index contributed by atoms with van der Waals surface area (Å²) in [6.07, 6.45) is -0.179. The Morgan fingerprint density at radius 2 is 1.32 bits per heavy atom. The van der Waals surface area contributed by atoms with Crippen molar-refractivity contribution in [2.24, 2.45) is 5.73 Å². The predicted octanol–water partition coefficient (Wildman–Crippen LogP) is 8.45. The molecule has 4 heteroatoms. The minimum atomic E-state index is -0.179. The predicted molar refractivity (Wildman–Crippen MR) is 186 cm³/mol.